The van der Waals surface area contributed by atoms with Gasteiger partial charge in [-0.25, -0.2) is 4.39 Å². The van der Waals surface area contributed by atoms with Gasteiger partial charge >= 0.3 is 5.97 Å². The van der Waals surface area contributed by atoms with E-state index < -0.39 is 11.9 Å². The Bertz CT molecular complexity index is 716. The first-order valence-electron chi connectivity index (χ1n) is 7.94. The van der Waals surface area contributed by atoms with Gasteiger partial charge in [0.15, 0.2) is 0 Å². The molecule has 0 aromatic heterocycles. The standard InChI is InChI=1S/C19H19ClFNO3/c1-2-14(19(24)22-17-9-7-16(21)8-10-17)12-25-18(23)11-13-3-5-15(20)6-4-13/h3-10,14H,2,11-12H2,1H3,(H,22,24). The molecule has 0 aliphatic rings. The molecule has 0 fully saturated rings. The lowest BCUT2D eigenvalue weighted by Gasteiger charge is -2.15. The third kappa shape index (κ3) is 6.19. The van der Waals surface area contributed by atoms with Crippen LogP contribution >= 0.6 is 11.6 Å². The third-order valence-corrected chi connectivity index (χ3v) is 3.93. The van der Waals surface area contributed by atoms with Crippen LogP contribution in [-0.2, 0) is 20.7 Å². The minimum atomic E-state index is -0.473. The molecule has 0 bridgehead atoms. The third-order valence-electron chi connectivity index (χ3n) is 3.68. The lowest BCUT2D eigenvalue weighted by Crippen LogP contribution is -2.27. The highest BCUT2D eigenvalue weighted by Crippen LogP contribution is 2.13. The fourth-order valence-electron chi connectivity index (χ4n) is 2.17. The molecule has 132 valence electrons. The molecule has 0 aliphatic carbocycles. The summed E-state index contributed by atoms with van der Waals surface area (Å²) in [6, 6.07) is 12.4. The summed E-state index contributed by atoms with van der Waals surface area (Å²) in [5.41, 5.74) is 1.29. The van der Waals surface area contributed by atoms with E-state index in [2.05, 4.69) is 5.32 Å². The normalized spacial score (nSPS) is 11.6. The number of esters is 1. The molecule has 2 aromatic carbocycles. The molecule has 4 nitrogen and oxygen atoms in total. The van der Waals surface area contributed by atoms with Crippen molar-refractivity contribution in [1.82, 2.24) is 0 Å². The zero-order valence-electron chi connectivity index (χ0n) is 13.8. The van der Waals surface area contributed by atoms with Crippen molar-refractivity contribution in [2.75, 3.05) is 11.9 Å². The maximum atomic E-state index is 12.9. The minimum Gasteiger partial charge on any atom is -0.465 e. The highest BCUT2D eigenvalue weighted by molar-refractivity contribution is 6.30. The molecule has 0 spiro atoms. The van der Waals surface area contributed by atoms with Crippen LogP contribution in [0.5, 0.6) is 0 Å². The molecule has 25 heavy (non-hydrogen) atoms. The molecule has 2 rings (SSSR count). The van der Waals surface area contributed by atoms with Gasteiger partial charge in [-0.3, -0.25) is 9.59 Å². The number of anilines is 1. The van der Waals surface area contributed by atoms with Crippen molar-refractivity contribution in [2.45, 2.75) is 19.8 Å². The van der Waals surface area contributed by atoms with Crippen LogP contribution in [0, 0.1) is 11.7 Å². The smallest absolute Gasteiger partial charge is 0.310 e. The van der Waals surface area contributed by atoms with Crippen molar-refractivity contribution < 1.29 is 18.7 Å². The fourth-order valence-corrected chi connectivity index (χ4v) is 2.30. The Morgan fingerprint density at radius 2 is 1.76 bits per heavy atom. The summed E-state index contributed by atoms with van der Waals surface area (Å²) < 4.78 is 18.1. The Labute approximate surface area is 150 Å². The molecule has 0 radical (unpaired) electrons. The number of amides is 1. The summed E-state index contributed by atoms with van der Waals surface area (Å²) in [5.74, 6) is -1.52. The zero-order valence-corrected chi connectivity index (χ0v) is 14.6. The van der Waals surface area contributed by atoms with Crippen LogP contribution in [-0.4, -0.2) is 18.5 Å². The highest BCUT2D eigenvalue weighted by atomic mass is 35.5. The summed E-state index contributed by atoms with van der Waals surface area (Å²) in [6.07, 6.45) is 0.633. The van der Waals surface area contributed by atoms with Gasteiger partial charge in [-0.2, -0.15) is 0 Å². The number of hydrogen-bond acceptors (Lipinski definition) is 3. The molecule has 1 unspecified atom stereocenters. The van der Waals surface area contributed by atoms with Crippen LogP contribution in [0.25, 0.3) is 0 Å². The summed E-state index contributed by atoms with van der Waals surface area (Å²) in [5, 5.41) is 3.29. The van der Waals surface area contributed by atoms with E-state index in [4.69, 9.17) is 16.3 Å². The second-order valence-corrected chi connectivity index (χ2v) is 6.02. The number of carbonyl (C=O) groups excluding carboxylic acids is 2. The van der Waals surface area contributed by atoms with Gasteiger partial charge in [0, 0.05) is 10.7 Å². The molecular weight excluding hydrogens is 345 g/mol. The van der Waals surface area contributed by atoms with Gasteiger partial charge in [-0.05, 0) is 48.4 Å². The highest BCUT2D eigenvalue weighted by Gasteiger charge is 2.19. The van der Waals surface area contributed by atoms with Gasteiger partial charge in [0.1, 0.15) is 12.4 Å². The van der Waals surface area contributed by atoms with Crippen molar-refractivity contribution in [3.63, 3.8) is 0 Å². The second-order valence-electron chi connectivity index (χ2n) is 5.59. The van der Waals surface area contributed by atoms with Crippen LogP contribution in [0.15, 0.2) is 48.5 Å². The molecule has 0 saturated heterocycles. The number of nitrogens with one attached hydrogen (secondary N) is 1. The van der Waals surface area contributed by atoms with E-state index in [-0.39, 0.29) is 24.8 Å². The summed E-state index contributed by atoms with van der Waals surface area (Å²) in [4.78, 5) is 24.1. The van der Waals surface area contributed by atoms with Gasteiger partial charge in [0.05, 0.1) is 12.3 Å². The number of benzene rings is 2. The number of rotatable bonds is 7. The van der Waals surface area contributed by atoms with E-state index in [1.807, 2.05) is 6.92 Å². The van der Waals surface area contributed by atoms with Gasteiger partial charge in [0.25, 0.3) is 0 Å². The molecule has 0 heterocycles. The van der Waals surface area contributed by atoms with Crippen molar-refractivity contribution in [1.29, 1.82) is 0 Å². The van der Waals surface area contributed by atoms with Crippen LogP contribution < -0.4 is 5.32 Å². The van der Waals surface area contributed by atoms with E-state index in [9.17, 15) is 14.0 Å². The second kappa shape index (κ2) is 9.18. The summed E-state index contributed by atoms with van der Waals surface area (Å²) >= 11 is 5.80. The van der Waals surface area contributed by atoms with E-state index in [0.717, 1.165) is 5.56 Å². The van der Waals surface area contributed by atoms with Crippen molar-refractivity contribution in [3.8, 4) is 0 Å². The van der Waals surface area contributed by atoms with Gasteiger partial charge in [0.2, 0.25) is 5.91 Å². The van der Waals surface area contributed by atoms with Gasteiger partial charge < -0.3 is 10.1 Å². The Kier molecular flexibility index (Phi) is 6.95. The van der Waals surface area contributed by atoms with E-state index in [0.29, 0.717) is 17.1 Å². The summed E-state index contributed by atoms with van der Waals surface area (Å²) in [6.45, 7) is 1.83. The molecule has 0 aliphatic heterocycles. The van der Waals surface area contributed by atoms with Crippen molar-refractivity contribution >= 4 is 29.2 Å². The predicted molar refractivity (Wildman–Crippen MR) is 94.9 cm³/mol. The maximum Gasteiger partial charge on any atom is 0.310 e. The number of hydrogen-bond donors (Lipinski definition) is 1. The predicted octanol–water partition coefficient (Wildman–Crippen LogP) is 4.23. The average molecular weight is 364 g/mol. The average Bonchev–Trinajstić information content (AvgIpc) is 2.59. The Morgan fingerprint density at radius 3 is 2.36 bits per heavy atom. The van der Waals surface area contributed by atoms with Crippen LogP contribution in [0.4, 0.5) is 10.1 Å². The molecule has 0 saturated carbocycles. The van der Waals surface area contributed by atoms with Crippen molar-refractivity contribution in [3.05, 3.63) is 64.9 Å². The van der Waals surface area contributed by atoms with Crippen LogP contribution in [0.2, 0.25) is 5.02 Å². The molecule has 1 atom stereocenters. The maximum absolute atomic E-state index is 12.9. The first-order chi connectivity index (χ1) is 12.0. The summed E-state index contributed by atoms with van der Waals surface area (Å²) in [7, 11) is 0. The van der Waals surface area contributed by atoms with Gasteiger partial charge in [-0.1, -0.05) is 30.7 Å². The minimum absolute atomic E-state index is 0.00402. The first kappa shape index (κ1) is 18.9. The monoisotopic (exact) mass is 363 g/mol. The van der Waals surface area contributed by atoms with Crippen LogP contribution in [0.3, 0.4) is 0 Å². The largest absolute Gasteiger partial charge is 0.465 e. The lowest BCUT2D eigenvalue weighted by molar-refractivity contribution is -0.145. The SMILES string of the molecule is CCC(COC(=O)Cc1ccc(Cl)cc1)C(=O)Nc1ccc(F)cc1. The number of halogens is 2. The Balaban J connectivity index is 1.83. The van der Waals surface area contributed by atoms with E-state index in [1.54, 1.807) is 24.3 Å². The molecule has 1 N–H and O–H groups in total. The lowest BCUT2D eigenvalue weighted by atomic mass is 10.1. The first-order valence-corrected chi connectivity index (χ1v) is 8.32. The van der Waals surface area contributed by atoms with E-state index >= 15 is 0 Å². The molecule has 1 amide bonds. The molecular formula is C19H19ClFNO3. The Morgan fingerprint density at radius 1 is 1.12 bits per heavy atom. The molecule has 2 aromatic rings. The number of carbonyl (C=O) groups is 2. The topological polar surface area (TPSA) is 55.4 Å². The number of ether oxygens (including phenoxy) is 1. The van der Waals surface area contributed by atoms with Crippen LogP contribution in [0.1, 0.15) is 18.9 Å². The molecule has 6 heteroatoms. The van der Waals surface area contributed by atoms with Crippen molar-refractivity contribution in [2.24, 2.45) is 5.92 Å². The fraction of sp³-hybridized carbons (Fsp3) is 0.263. The van der Waals surface area contributed by atoms with E-state index in [1.165, 1.54) is 24.3 Å². The van der Waals surface area contributed by atoms with Gasteiger partial charge in [-0.15, -0.1) is 0 Å². The Hall–Kier alpha value is -2.40. The zero-order chi connectivity index (χ0) is 18.2. The quantitative estimate of drug-likeness (QED) is 0.749.